The molecule has 1 aromatic heterocycles. The number of hydrogen-bond donors (Lipinski definition) is 1. The van der Waals surface area contributed by atoms with E-state index in [-0.39, 0.29) is 10.2 Å². The number of ether oxygens (including phenoxy) is 1. The van der Waals surface area contributed by atoms with E-state index in [1.807, 2.05) is 0 Å². The zero-order chi connectivity index (χ0) is 16.4. The number of nitrogens with one attached hydrogen (secondary N) is 1. The van der Waals surface area contributed by atoms with Gasteiger partial charge in [-0.1, -0.05) is 11.6 Å². The van der Waals surface area contributed by atoms with Gasteiger partial charge in [-0.25, -0.2) is 13.4 Å². The van der Waals surface area contributed by atoms with Gasteiger partial charge in [-0.3, -0.25) is 0 Å². The summed E-state index contributed by atoms with van der Waals surface area (Å²) in [5.41, 5.74) is 0. The van der Waals surface area contributed by atoms with Gasteiger partial charge in [0, 0.05) is 25.0 Å². The van der Waals surface area contributed by atoms with Crippen molar-refractivity contribution in [3.63, 3.8) is 0 Å². The maximum absolute atomic E-state index is 12.8. The van der Waals surface area contributed by atoms with Gasteiger partial charge in [-0.2, -0.15) is 4.31 Å². The van der Waals surface area contributed by atoms with Crippen LogP contribution < -0.4 is 10.1 Å². The molecule has 0 spiro atoms. The molecule has 1 N–H and O–H groups in total. The van der Waals surface area contributed by atoms with Gasteiger partial charge in [0.2, 0.25) is 0 Å². The SMILES string of the molecule is COc1ccc2c(Cl)nc(S(=O)(=O)N3CCCNCC3)cc2c1. The van der Waals surface area contributed by atoms with Gasteiger partial charge < -0.3 is 10.1 Å². The Labute approximate surface area is 140 Å². The minimum absolute atomic E-state index is 0.0230. The molecule has 6 nitrogen and oxygen atoms in total. The Morgan fingerprint density at radius 1 is 1.26 bits per heavy atom. The van der Waals surface area contributed by atoms with Crippen LogP contribution in [-0.2, 0) is 10.0 Å². The van der Waals surface area contributed by atoms with Crippen molar-refractivity contribution < 1.29 is 13.2 Å². The van der Waals surface area contributed by atoms with Crippen molar-refractivity contribution in [1.29, 1.82) is 0 Å². The topological polar surface area (TPSA) is 71.5 Å². The lowest BCUT2D eigenvalue weighted by Gasteiger charge is -2.19. The Bertz CT molecular complexity index is 818. The normalized spacial score (nSPS) is 17.1. The average molecular weight is 356 g/mol. The molecule has 0 amide bonds. The number of halogens is 1. The van der Waals surface area contributed by atoms with Crippen molar-refractivity contribution in [1.82, 2.24) is 14.6 Å². The lowest BCUT2D eigenvalue weighted by molar-refractivity contribution is 0.415. The van der Waals surface area contributed by atoms with Crippen LogP contribution in [-0.4, -0.2) is 51.0 Å². The van der Waals surface area contributed by atoms with E-state index in [0.29, 0.717) is 36.2 Å². The van der Waals surface area contributed by atoms with Crippen molar-refractivity contribution in [3.05, 3.63) is 29.4 Å². The molecule has 0 bridgehead atoms. The summed E-state index contributed by atoms with van der Waals surface area (Å²) in [5.74, 6) is 0.641. The second kappa shape index (κ2) is 6.60. The minimum atomic E-state index is -3.66. The highest BCUT2D eigenvalue weighted by molar-refractivity contribution is 7.89. The summed E-state index contributed by atoms with van der Waals surface area (Å²) in [6, 6.07) is 6.85. The van der Waals surface area contributed by atoms with Crippen LogP contribution >= 0.6 is 11.6 Å². The van der Waals surface area contributed by atoms with Crippen LogP contribution in [0.4, 0.5) is 0 Å². The molecule has 2 aromatic rings. The van der Waals surface area contributed by atoms with Gasteiger partial charge in [-0.05, 0) is 42.6 Å². The van der Waals surface area contributed by atoms with Crippen LogP contribution in [0.5, 0.6) is 5.75 Å². The molecule has 0 saturated carbocycles. The number of fused-ring (bicyclic) bond motifs is 1. The van der Waals surface area contributed by atoms with E-state index in [0.717, 1.165) is 13.0 Å². The first-order valence-corrected chi connectivity index (χ1v) is 9.19. The summed E-state index contributed by atoms with van der Waals surface area (Å²) in [6.07, 6.45) is 0.772. The predicted molar refractivity (Wildman–Crippen MR) is 89.6 cm³/mol. The fourth-order valence-electron chi connectivity index (χ4n) is 2.62. The average Bonchev–Trinajstić information content (AvgIpc) is 2.84. The Morgan fingerprint density at radius 3 is 2.87 bits per heavy atom. The molecule has 1 fully saturated rings. The summed E-state index contributed by atoms with van der Waals surface area (Å²) in [7, 11) is -2.10. The molecule has 0 unspecified atom stereocenters. The van der Waals surface area contributed by atoms with E-state index in [2.05, 4.69) is 10.3 Å². The van der Waals surface area contributed by atoms with E-state index >= 15 is 0 Å². The van der Waals surface area contributed by atoms with Gasteiger partial charge in [0.05, 0.1) is 7.11 Å². The summed E-state index contributed by atoms with van der Waals surface area (Å²) >= 11 is 6.19. The summed E-state index contributed by atoms with van der Waals surface area (Å²) in [5, 5.41) is 4.73. The smallest absolute Gasteiger partial charge is 0.260 e. The third-order valence-corrected chi connectivity index (χ3v) is 5.94. The van der Waals surface area contributed by atoms with Gasteiger partial charge in [0.1, 0.15) is 10.9 Å². The third kappa shape index (κ3) is 3.28. The van der Waals surface area contributed by atoms with Crippen LogP contribution in [0, 0.1) is 0 Å². The molecule has 1 aliphatic heterocycles. The third-order valence-electron chi connectivity index (χ3n) is 3.87. The highest BCUT2D eigenvalue weighted by atomic mass is 35.5. The maximum atomic E-state index is 12.8. The Kier molecular flexibility index (Phi) is 4.72. The number of hydrogen-bond acceptors (Lipinski definition) is 5. The van der Waals surface area contributed by atoms with E-state index in [1.54, 1.807) is 31.4 Å². The second-order valence-electron chi connectivity index (χ2n) is 5.35. The molecular weight excluding hydrogens is 338 g/mol. The molecule has 23 heavy (non-hydrogen) atoms. The quantitative estimate of drug-likeness (QED) is 0.851. The molecule has 1 aliphatic rings. The Morgan fingerprint density at radius 2 is 2.09 bits per heavy atom. The fraction of sp³-hybridized carbons (Fsp3) is 0.400. The molecule has 2 heterocycles. The molecule has 3 rings (SSSR count). The van der Waals surface area contributed by atoms with Crippen LogP contribution in [0.1, 0.15) is 6.42 Å². The standard InChI is InChI=1S/C15H18ClN3O3S/c1-22-12-3-4-13-11(9-12)10-14(18-15(13)16)23(20,21)19-7-2-5-17-6-8-19/h3-4,9-10,17H,2,5-8H2,1H3. The van der Waals surface area contributed by atoms with Gasteiger partial charge in [0.15, 0.2) is 5.03 Å². The number of nitrogens with zero attached hydrogens (tertiary/aromatic N) is 2. The summed E-state index contributed by atoms with van der Waals surface area (Å²) in [4.78, 5) is 4.11. The zero-order valence-electron chi connectivity index (χ0n) is 12.8. The van der Waals surface area contributed by atoms with E-state index in [9.17, 15) is 8.42 Å². The highest BCUT2D eigenvalue weighted by Crippen LogP contribution is 2.29. The number of pyridine rings is 1. The van der Waals surface area contributed by atoms with Crippen molar-refractivity contribution in [2.24, 2.45) is 0 Å². The monoisotopic (exact) mass is 355 g/mol. The maximum Gasteiger partial charge on any atom is 0.260 e. The van der Waals surface area contributed by atoms with Gasteiger partial charge in [-0.15, -0.1) is 0 Å². The van der Waals surface area contributed by atoms with E-state index in [1.165, 1.54) is 4.31 Å². The molecule has 0 aliphatic carbocycles. The Balaban J connectivity index is 2.07. The van der Waals surface area contributed by atoms with Crippen molar-refractivity contribution in [2.75, 3.05) is 33.3 Å². The molecule has 1 saturated heterocycles. The van der Waals surface area contributed by atoms with Gasteiger partial charge in [0.25, 0.3) is 10.0 Å². The van der Waals surface area contributed by atoms with Crippen LogP contribution in [0.25, 0.3) is 10.8 Å². The predicted octanol–water partition coefficient (Wildman–Crippen LogP) is 1.88. The highest BCUT2D eigenvalue weighted by Gasteiger charge is 2.27. The van der Waals surface area contributed by atoms with Crippen molar-refractivity contribution in [2.45, 2.75) is 11.4 Å². The molecule has 124 valence electrons. The molecular formula is C15H18ClN3O3S. The first-order chi connectivity index (χ1) is 11.0. The summed E-state index contributed by atoms with van der Waals surface area (Å²) in [6.45, 7) is 2.35. The first kappa shape index (κ1) is 16.4. The zero-order valence-corrected chi connectivity index (χ0v) is 14.3. The lowest BCUT2D eigenvalue weighted by atomic mass is 10.2. The number of aromatic nitrogens is 1. The molecule has 1 aromatic carbocycles. The second-order valence-corrected chi connectivity index (χ2v) is 7.59. The number of methoxy groups -OCH3 is 1. The lowest BCUT2D eigenvalue weighted by Crippen LogP contribution is -2.34. The van der Waals surface area contributed by atoms with E-state index < -0.39 is 10.0 Å². The van der Waals surface area contributed by atoms with E-state index in [4.69, 9.17) is 16.3 Å². The number of rotatable bonds is 3. The first-order valence-electron chi connectivity index (χ1n) is 7.37. The minimum Gasteiger partial charge on any atom is -0.497 e. The molecule has 8 heteroatoms. The molecule has 0 radical (unpaired) electrons. The fourth-order valence-corrected chi connectivity index (χ4v) is 4.38. The Hall–Kier alpha value is -1.41. The largest absolute Gasteiger partial charge is 0.497 e. The van der Waals surface area contributed by atoms with Crippen LogP contribution in [0.2, 0.25) is 5.15 Å². The van der Waals surface area contributed by atoms with Gasteiger partial charge >= 0.3 is 0 Å². The van der Waals surface area contributed by atoms with Crippen LogP contribution in [0.15, 0.2) is 29.3 Å². The number of sulfonamides is 1. The van der Waals surface area contributed by atoms with Crippen LogP contribution in [0.3, 0.4) is 0 Å². The van der Waals surface area contributed by atoms with Crippen molar-refractivity contribution in [3.8, 4) is 5.75 Å². The molecule has 0 atom stereocenters. The summed E-state index contributed by atoms with van der Waals surface area (Å²) < 4.78 is 32.3. The number of benzene rings is 1. The van der Waals surface area contributed by atoms with Crippen molar-refractivity contribution >= 4 is 32.4 Å².